The van der Waals surface area contributed by atoms with Crippen LogP contribution >= 0.6 is 0 Å². The van der Waals surface area contributed by atoms with Crippen molar-refractivity contribution in [2.75, 3.05) is 0 Å². The standard InChI is InChI=1S/C11H20/c1-4-5-6-7-8-9-10-11(2)3/h6-7,10H,4-5,8-9H2,1-3H3. The van der Waals surface area contributed by atoms with Gasteiger partial charge in [-0.05, 0) is 33.1 Å². The lowest BCUT2D eigenvalue weighted by molar-refractivity contribution is 0.942. The van der Waals surface area contributed by atoms with E-state index in [0.717, 1.165) is 0 Å². The number of hydrogen-bond acceptors (Lipinski definition) is 0. The summed E-state index contributed by atoms with van der Waals surface area (Å²) in [7, 11) is 0. The molecular formula is C11H20. The number of hydrogen-bond donors (Lipinski definition) is 0. The molecule has 0 aliphatic rings. The molecular weight excluding hydrogens is 132 g/mol. The van der Waals surface area contributed by atoms with Gasteiger partial charge in [0.05, 0.1) is 0 Å². The van der Waals surface area contributed by atoms with E-state index in [0.29, 0.717) is 0 Å². The molecule has 0 aromatic heterocycles. The van der Waals surface area contributed by atoms with Gasteiger partial charge in [-0.2, -0.15) is 0 Å². The third-order valence-corrected chi connectivity index (χ3v) is 1.51. The Morgan fingerprint density at radius 1 is 1.00 bits per heavy atom. The van der Waals surface area contributed by atoms with Crippen molar-refractivity contribution in [2.45, 2.75) is 46.5 Å². The average molecular weight is 152 g/mol. The summed E-state index contributed by atoms with van der Waals surface area (Å²) in [5.74, 6) is 0. The Kier molecular flexibility index (Phi) is 7.23. The van der Waals surface area contributed by atoms with Gasteiger partial charge in [0.2, 0.25) is 0 Å². The lowest BCUT2D eigenvalue weighted by Gasteiger charge is -1.89. The first-order valence-electron chi connectivity index (χ1n) is 4.55. The minimum absolute atomic E-state index is 1.20. The van der Waals surface area contributed by atoms with Crippen LogP contribution < -0.4 is 0 Å². The van der Waals surface area contributed by atoms with Gasteiger partial charge in [0.25, 0.3) is 0 Å². The van der Waals surface area contributed by atoms with Crippen molar-refractivity contribution in [3.63, 3.8) is 0 Å². The van der Waals surface area contributed by atoms with Crippen LogP contribution in [-0.2, 0) is 0 Å². The first-order chi connectivity index (χ1) is 5.27. The van der Waals surface area contributed by atoms with E-state index in [2.05, 4.69) is 39.0 Å². The summed E-state index contributed by atoms with van der Waals surface area (Å²) >= 11 is 0. The van der Waals surface area contributed by atoms with Gasteiger partial charge in [0.1, 0.15) is 0 Å². The van der Waals surface area contributed by atoms with E-state index in [1.165, 1.54) is 31.3 Å². The summed E-state index contributed by atoms with van der Waals surface area (Å²) < 4.78 is 0. The van der Waals surface area contributed by atoms with Crippen LogP contribution in [0, 0.1) is 0 Å². The molecule has 0 aliphatic carbocycles. The molecule has 0 saturated heterocycles. The second-order valence-corrected chi connectivity index (χ2v) is 3.12. The molecule has 0 amide bonds. The zero-order valence-electron chi connectivity index (χ0n) is 8.06. The van der Waals surface area contributed by atoms with Gasteiger partial charge in [-0.25, -0.2) is 0 Å². The zero-order chi connectivity index (χ0) is 8.53. The molecule has 0 N–H and O–H groups in total. The topological polar surface area (TPSA) is 0 Å². The summed E-state index contributed by atoms with van der Waals surface area (Å²) in [6.07, 6.45) is 11.7. The van der Waals surface area contributed by atoms with Crippen molar-refractivity contribution >= 4 is 0 Å². The van der Waals surface area contributed by atoms with E-state index in [1.807, 2.05) is 0 Å². The largest absolute Gasteiger partial charge is 0.0885 e. The van der Waals surface area contributed by atoms with Gasteiger partial charge in [0.15, 0.2) is 0 Å². The highest BCUT2D eigenvalue weighted by Crippen LogP contribution is 1.99. The molecule has 0 rings (SSSR count). The van der Waals surface area contributed by atoms with Crippen LogP contribution in [0.25, 0.3) is 0 Å². The van der Waals surface area contributed by atoms with Gasteiger partial charge in [-0.1, -0.05) is 37.1 Å². The summed E-state index contributed by atoms with van der Waals surface area (Å²) in [5, 5.41) is 0. The molecule has 64 valence electrons. The maximum absolute atomic E-state index is 2.29. The van der Waals surface area contributed by atoms with Crippen molar-refractivity contribution in [3.05, 3.63) is 23.8 Å². The normalized spacial score (nSPS) is 10.5. The Balaban J connectivity index is 3.20. The molecule has 0 atom stereocenters. The molecule has 0 nitrogen and oxygen atoms in total. The van der Waals surface area contributed by atoms with Crippen LogP contribution in [-0.4, -0.2) is 0 Å². The predicted octanol–water partition coefficient (Wildman–Crippen LogP) is 4.09. The fourth-order valence-corrected chi connectivity index (χ4v) is 0.871. The molecule has 0 aliphatic heterocycles. The second-order valence-electron chi connectivity index (χ2n) is 3.12. The van der Waals surface area contributed by atoms with E-state index >= 15 is 0 Å². The molecule has 0 aromatic rings. The lowest BCUT2D eigenvalue weighted by atomic mass is 10.2. The van der Waals surface area contributed by atoms with Gasteiger partial charge in [-0.3, -0.25) is 0 Å². The quantitative estimate of drug-likeness (QED) is 0.411. The van der Waals surface area contributed by atoms with Crippen LogP contribution in [0.2, 0.25) is 0 Å². The maximum Gasteiger partial charge on any atom is -0.0314 e. The molecule has 0 heterocycles. The SMILES string of the molecule is CCCC=CCCC=C(C)C. The first-order valence-corrected chi connectivity index (χ1v) is 4.55. The Hall–Kier alpha value is -0.520. The van der Waals surface area contributed by atoms with Gasteiger partial charge < -0.3 is 0 Å². The number of rotatable bonds is 5. The van der Waals surface area contributed by atoms with Gasteiger partial charge in [-0.15, -0.1) is 0 Å². The van der Waals surface area contributed by atoms with Crippen molar-refractivity contribution in [1.29, 1.82) is 0 Å². The van der Waals surface area contributed by atoms with Crippen molar-refractivity contribution in [2.24, 2.45) is 0 Å². The molecule has 0 bridgehead atoms. The summed E-state index contributed by atoms with van der Waals surface area (Å²) in [5.41, 5.74) is 1.42. The summed E-state index contributed by atoms with van der Waals surface area (Å²) in [6, 6.07) is 0. The molecule has 11 heavy (non-hydrogen) atoms. The van der Waals surface area contributed by atoms with Crippen LogP contribution in [0.4, 0.5) is 0 Å². The highest BCUT2D eigenvalue weighted by atomic mass is 13.8. The molecule has 0 fully saturated rings. The molecule has 0 heteroatoms. The van der Waals surface area contributed by atoms with E-state index in [1.54, 1.807) is 0 Å². The Morgan fingerprint density at radius 3 is 2.18 bits per heavy atom. The molecule has 0 spiro atoms. The predicted molar refractivity (Wildman–Crippen MR) is 52.7 cm³/mol. The zero-order valence-corrected chi connectivity index (χ0v) is 8.06. The third kappa shape index (κ3) is 9.48. The minimum Gasteiger partial charge on any atom is -0.0885 e. The fourth-order valence-electron chi connectivity index (χ4n) is 0.871. The Labute approximate surface area is 71.0 Å². The second kappa shape index (κ2) is 7.59. The molecule has 0 radical (unpaired) electrons. The highest BCUT2D eigenvalue weighted by Gasteiger charge is 1.78. The van der Waals surface area contributed by atoms with Crippen molar-refractivity contribution < 1.29 is 0 Å². The highest BCUT2D eigenvalue weighted by molar-refractivity contribution is 4.94. The van der Waals surface area contributed by atoms with E-state index in [9.17, 15) is 0 Å². The fraction of sp³-hybridized carbons (Fsp3) is 0.636. The third-order valence-electron chi connectivity index (χ3n) is 1.51. The monoisotopic (exact) mass is 152 g/mol. The summed E-state index contributed by atoms with van der Waals surface area (Å²) in [4.78, 5) is 0. The van der Waals surface area contributed by atoms with Crippen LogP contribution in [0.15, 0.2) is 23.8 Å². The van der Waals surface area contributed by atoms with Crippen molar-refractivity contribution in [1.82, 2.24) is 0 Å². The van der Waals surface area contributed by atoms with Gasteiger partial charge in [0, 0.05) is 0 Å². The molecule has 0 saturated carbocycles. The van der Waals surface area contributed by atoms with Crippen LogP contribution in [0.3, 0.4) is 0 Å². The Morgan fingerprint density at radius 2 is 1.64 bits per heavy atom. The van der Waals surface area contributed by atoms with Crippen LogP contribution in [0.5, 0.6) is 0 Å². The van der Waals surface area contributed by atoms with E-state index < -0.39 is 0 Å². The number of unbranched alkanes of at least 4 members (excludes halogenated alkanes) is 2. The van der Waals surface area contributed by atoms with Gasteiger partial charge >= 0.3 is 0 Å². The van der Waals surface area contributed by atoms with Crippen LogP contribution in [0.1, 0.15) is 46.5 Å². The molecule has 0 unspecified atom stereocenters. The van der Waals surface area contributed by atoms with Crippen molar-refractivity contribution in [3.8, 4) is 0 Å². The number of allylic oxidation sites excluding steroid dienone is 4. The first kappa shape index (κ1) is 10.5. The van der Waals surface area contributed by atoms with E-state index in [-0.39, 0.29) is 0 Å². The molecule has 0 aromatic carbocycles. The smallest absolute Gasteiger partial charge is 0.0314 e. The maximum atomic E-state index is 2.29. The summed E-state index contributed by atoms with van der Waals surface area (Å²) in [6.45, 7) is 6.51. The Bertz CT molecular complexity index is 125. The lowest BCUT2D eigenvalue weighted by Crippen LogP contribution is -1.68. The average Bonchev–Trinajstić information content (AvgIpc) is 1.96. The van der Waals surface area contributed by atoms with E-state index in [4.69, 9.17) is 0 Å². The minimum atomic E-state index is 1.20.